The molecule has 6 rings (SSSR count). The van der Waals surface area contributed by atoms with Gasteiger partial charge in [-0.05, 0) is 122 Å². The molecule has 0 saturated heterocycles. The van der Waals surface area contributed by atoms with Gasteiger partial charge in [0, 0.05) is 12.0 Å². The maximum absolute atomic E-state index is 14.7. The van der Waals surface area contributed by atoms with E-state index in [0.29, 0.717) is 0 Å². The van der Waals surface area contributed by atoms with E-state index < -0.39 is 17.4 Å². The molecule has 9 atom stereocenters. The highest BCUT2D eigenvalue weighted by Gasteiger charge is 2.70. The van der Waals surface area contributed by atoms with Crippen molar-refractivity contribution in [1.29, 1.82) is 0 Å². The molecule has 0 aliphatic heterocycles. The SMILES string of the molecule is COC(=O)[C@@]1(C)CC[C@]2(C)CC[C@]3(C)C(=CC(=O)[C@@H]4[C@@]5(C)CCC(NC(=O)Nc6ccccc6C(=O)O)C(C)(C)[C@@H]5CC[C@]43C)C2C1. The molecule has 1 aromatic rings. The first-order valence-electron chi connectivity index (χ1n) is 17.6. The van der Waals surface area contributed by atoms with Gasteiger partial charge < -0.3 is 20.5 Å². The lowest BCUT2D eigenvalue weighted by Crippen LogP contribution is -2.67. The fraction of sp³-hybridized carbons (Fsp3) is 0.692. The van der Waals surface area contributed by atoms with Crippen LogP contribution in [0.2, 0.25) is 0 Å². The van der Waals surface area contributed by atoms with Crippen LogP contribution in [0.25, 0.3) is 0 Å². The summed E-state index contributed by atoms with van der Waals surface area (Å²) in [5.41, 5.74) is 0.231. The summed E-state index contributed by atoms with van der Waals surface area (Å²) < 4.78 is 5.28. The van der Waals surface area contributed by atoms with Crippen LogP contribution in [0.15, 0.2) is 35.9 Å². The van der Waals surface area contributed by atoms with Crippen LogP contribution in [0.4, 0.5) is 10.5 Å². The number of aromatic carboxylic acids is 1. The zero-order valence-electron chi connectivity index (χ0n) is 29.5. The predicted octanol–water partition coefficient (Wildman–Crippen LogP) is 8.03. The van der Waals surface area contributed by atoms with Crippen molar-refractivity contribution in [3.05, 3.63) is 41.5 Å². The zero-order valence-corrected chi connectivity index (χ0v) is 29.5. The number of urea groups is 1. The first kappa shape index (κ1) is 33.7. The summed E-state index contributed by atoms with van der Waals surface area (Å²) in [5.74, 6) is -0.726. The van der Waals surface area contributed by atoms with Crippen LogP contribution in [-0.2, 0) is 14.3 Å². The topological polar surface area (TPSA) is 122 Å². The first-order valence-corrected chi connectivity index (χ1v) is 17.6. The average Bonchev–Trinajstić information content (AvgIpc) is 3.00. The number of methoxy groups -OCH3 is 1. The number of para-hydroxylation sites is 1. The second-order valence-electron chi connectivity index (χ2n) is 17.6. The standard InChI is InChI=1S/C39H54N2O6/c1-34(2)28-13-16-39(7)30(37(28,5)15-14-29(34)41-33(46)40-26-12-10-9-11-23(26)31(43)44)27(42)21-24-25-22-36(4,32(45)47-8)18-17-35(25,3)19-20-38(24,39)6/h9-12,21,25,28-30H,13-20,22H2,1-8H3,(H,43,44)(H2,40,41,46)/t25?,28-,29?,30+,35+,36-,37-,38+,39+/m0/s1. The number of carboxylic acids is 1. The number of benzene rings is 1. The van der Waals surface area contributed by atoms with Gasteiger partial charge in [-0.2, -0.15) is 0 Å². The lowest BCUT2D eigenvalue weighted by Gasteiger charge is -2.70. The van der Waals surface area contributed by atoms with Crippen molar-refractivity contribution >= 4 is 29.4 Å². The normalized spacial score (nSPS) is 42.0. The lowest BCUT2D eigenvalue weighted by molar-refractivity contribution is -0.189. The summed E-state index contributed by atoms with van der Waals surface area (Å²) in [4.78, 5) is 52.6. The van der Waals surface area contributed by atoms with Gasteiger partial charge in [-0.15, -0.1) is 0 Å². The molecule has 4 saturated carbocycles. The highest BCUT2D eigenvalue weighted by atomic mass is 16.5. The smallest absolute Gasteiger partial charge is 0.337 e. The fourth-order valence-corrected chi connectivity index (χ4v) is 12.0. The van der Waals surface area contributed by atoms with Crippen molar-refractivity contribution in [2.45, 2.75) is 112 Å². The fourth-order valence-electron chi connectivity index (χ4n) is 12.0. The summed E-state index contributed by atoms with van der Waals surface area (Å²) in [6.45, 7) is 16.0. The quantitative estimate of drug-likeness (QED) is 0.285. The number of allylic oxidation sites excluding steroid dienone is 2. The Kier molecular flexibility index (Phi) is 7.84. The van der Waals surface area contributed by atoms with E-state index in [-0.39, 0.29) is 73.9 Å². The number of anilines is 1. The van der Waals surface area contributed by atoms with Crippen LogP contribution in [-0.4, -0.2) is 42.0 Å². The van der Waals surface area contributed by atoms with E-state index in [1.165, 1.54) is 18.7 Å². The summed E-state index contributed by atoms with van der Waals surface area (Å²) in [5, 5.41) is 15.5. The summed E-state index contributed by atoms with van der Waals surface area (Å²) in [6.07, 6.45) is 10.1. The average molecular weight is 647 g/mol. The Balaban J connectivity index is 1.29. The van der Waals surface area contributed by atoms with E-state index >= 15 is 0 Å². The van der Waals surface area contributed by atoms with Gasteiger partial charge in [0.05, 0.1) is 23.8 Å². The Labute approximate surface area is 279 Å². The molecule has 5 aliphatic rings. The van der Waals surface area contributed by atoms with Crippen molar-refractivity contribution in [3.63, 3.8) is 0 Å². The molecule has 8 heteroatoms. The zero-order chi connectivity index (χ0) is 34.4. The molecule has 4 fully saturated rings. The molecule has 2 unspecified atom stereocenters. The van der Waals surface area contributed by atoms with E-state index in [1.807, 2.05) is 13.0 Å². The minimum Gasteiger partial charge on any atom is -0.478 e. The maximum Gasteiger partial charge on any atom is 0.337 e. The number of rotatable bonds is 4. The van der Waals surface area contributed by atoms with Gasteiger partial charge >= 0.3 is 18.0 Å². The number of amides is 2. The number of carbonyl (C=O) groups is 4. The van der Waals surface area contributed by atoms with Crippen LogP contribution in [0.5, 0.6) is 0 Å². The number of carboxylic acid groups (broad SMARTS) is 1. The third-order valence-electron chi connectivity index (χ3n) is 15.0. The minimum atomic E-state index is -1.09. The molecule has 5 aliphatic carbocycles. The molecule has 0 heterocycles. The number of hydrogen-bond acceptors (Lipinski definition) is 5. The monoisotopic (exact) mass is 646 g/mol. The molecular weight excluding hydrogens is 592 g/mol. The second kappa shape index (κ2) is 10.9. The van der Waals surface area contributed by atoms with Gasteiger partial charge in [0.2, 0.25) is 0 Å². The van der Waals surface area contributed by atoms with E-state index in [1.54, 1.807) is 18.2 Å². The van der Waals surface area contributed by atoms with E-state index in [2.05, 4.69) is 52.2 Å². The van der Waals surface area contributed by atoms with E-state index in [9.17, 15) is 24.3 Å². The first-order chi connectivity index (χ1) is 21.9. The van der Waals surface area contributed by atoms with E-state index in [0.717, 1.165) is 57.8 Å². The number of esters is 1. The molecule has 256 valence electrons. The Morgan fingerprint density at radius 1 is 0.894 bits per heavy atom. The van der Waals surface area contributed by atoms with Gasteiger partial charge in [-0.25, -0.2) is 9.59 Å². The predicted molar refractivity (Wildman–Crippen MR) is 181 cm³/mol. The summed E-state index contributed by atoms with van der Waals surface area (Å²) in [6, 6.07) is 5.88. The molecule has 0 spiro atoms. The molecule has 0 radical (unpaired) electrons. The van der Waals surface area contributed by atoms with Crippen LogP contribution < -0.4 is 10.6 Å². The molecule has 8 nitrogen and oxygen atoms in total. The number of nitrogens with one attached hydrogen (secondary N) is 2. The highest BCUT2D eigenvalue weighted by Crippen LogP contribution is 2.75. The molecular formula is C39H54N2O6. The van der Waals surface area contributed by atoms with Crippen molar-refractivity contribution in [2.24, 2.45) is 50.2 Å². The van der Waals surface area contributed by atoms with Gasteiger partial charge in [-0.3, -0.25) is 9.59 Å². The third kappa shape index (κ3) is 4.81. The number of ketones is 1. The van der Waals surface area contributed by atoms with Crippen molar-refractivity contribution in [1.82, 2.24) is 5.32 Å². The van der Waals surface area contributed by atoms with E-state index in [4.69, 9.17) is 4.74 Å². The Bertz CT molecular complexity index is 1550. The molecule has 1 aromatic carbocycles. The van der Waals surface area contributed by atoms with Crippen molar-refractivity contribution in [3.8, 4) is 0 Å². The van der Waals surface area contributed by atoms with Crippen LogP contribution in [0.3, 0.4) is 0 Å². The van der Waals surface area contributed by atoms with Gasteiger partial charge in [-0.1, -0.05) is 59.2 Å². The maximum atomic E-state index is 14.7. The molecule has 3 N–H and O–H groups in total. The van der Waals surface area contributed by atoms with Crippen LogP contribution in [0, 0.1) is 50.2 Å². The third-order valence-corrected chi connectivity index (χ3v) is 15.0. The molecule has 47 heavy (non-hydrogen) atoms. The number of carbonyl (C=O) groups excluding carboxylic acids is 3. The minimum absolute atomic E-state index is 0.0487. The molecule has 0 bridgehead atoms. The Hall–Kier alpha value is -3.16. The number of ether oxygens (including phenoxy) is 1. The Morgan fingerprint density at radius 2 is 1.57 bits per heavy atom. The summed E-state index contributed by atoms with van der Waals surface area (Å²) in [7, 11) is 1.48. The highest BCUT2D eigenvalue weighted by molar-refractivity contribution is 6.00. The van der Waals surface area contributed by atoms with Crippen molar-refractivity contribution in [2.75, 3.05) is 12.4 Å². The second-order valence-corrected chi connectivity index (χ2v) is 17.6. The number of hydrogen-bond donors (Lipinski definition) is 3. The Morgan fingerprint density at radius 3 is 2.26 bits per heavy atom. The van der Waals surface area contributed by atoms with Crippen LogP contribution in [0.1, 0.15) is 117 Å². The van der Waals surface area contributed by atoms with Gasteiger partial charge in [0.15, 0.2) is 5.78 Å². The largest absolute Gasteiger partial charge is 0.478 e. The lowest BCUT2D eigenvalue weighted by atomic mass is 9.33. The molecule has 0 aromatic heterocycles. The van der Waals surface area contributed by atoms with Crippen molar-refractivity contribution < 1.29 is 29.0 Å². The molecule has 2 amide bonds. The number of fused-ring (bicyclic) bond motifs is 7. The summed E-state index contributed by atoms with van der Waals surface area (Å²) >= 11 is 0. The van der Waals surface area contributed by atoms with Crippen LogP contribution >= 0.6 is 0 Å². The van der Waals surface area contributed by atoms with Gasteiger partial charge in [0.25, 0.3) is 0 Å². The van der Waals surface area contributed by atoms with Gasteiger partial charge in [0.1, 0.15) is 0 Å².